The molecule has 0 aliphatic heterocycles. The van der Waals surface area contributed by atoms with E-state index in [2.05, 4.69) is 5.32 Å². The summed E-state index contributed by atoms with van der Waals surface area (Å²) in [6, 6.07) is 14.5. The summed E-state index contributed by atoms with van der Waals surface area (Å²) in [6.07, 6.45) is 0. The summed E-state index contributed by atoms with van der Waals surface area (Å²) in [6.45, 7) is 4.51. The van der Waals surface area contributed by atoms with Crippen LogP contribution in [0.5, 0.6) is 5.75 Å². The Labute approximate surface area is 181 Å². The minimum Gasteiger partial charge on any atom is -0.497 e. The fraction of sp³-hybridized carbons (Fsp3) is 0.364. The van der Waals surface area contributed by atoms with Crippen molar-refractivity contribution >= 4 is 35.2 Å². The van der Waals surface area contributed by atoms with Gasteiger partial charge in [-0.1, -0.05) is 35.9 Å². The molecule has 2 aromatic carbocycles. The van der Waals surface area contributed by atoms with E-state index in [0.29, 0.717) is 23.9 Å². The Hall–Kier alpha value is -2.18. The number of carbonyl (C=O) groups is 2. The largest absolute Gasteiger partial charge is 0.497 e. The van der Waals surface area contributed by atoms with Gasteiger partial charge in [0.15, 0.2) is 0 Å². The van der Waals surface area contributed by atoms with Crippen molar-refractivity contribution in [3.05, 3.63) is 64.7 Å². The molecule has 0 radical (unpaired) electrons. The fourth-order valence-electron chi connectivity index (χ4n) is 2.80. The minimum absolute atomic E-state index is 0.0772. The van der Waals surface area contributed by atoms with Crippen molar-refractivity contribution in [3.63, 3.8) is 0 Å². The Bertz CT molecular complexity index is 814. The monoisotopic (exact) mass is 434 g/mol. The van der Waals surface area contributed by atoms with Crippen LogP contribution in [0, 0.1) is 0 Å². The van der Waals surface area contributed by atoms with E-state index in [1.165, 1.54) is 11.8 Å². The molecule has 156 valence electrons. The van der Waals surface area contributed by atoms with Crippen LogP contribution >= 0.6 is 23.4 Å². The highest BCUT2D eigenvalue weighted by molar-refractivity contribution is 7.99. The van der Waals surface area contributed by atoms with Crippen molar-refractivity contribution in [1.29, 1.82) is 0 Å². The van der Waals surface area contributed by atoms with Crippen LogP contribution in [-0.2, 0) is 21.9 Å². The number of benzene rings is 2. The molecule has 0 spiro atoms. The van der Waals surface area contributed by atoms with Crippen LogP contribution in [0.25, 0.3) is 0 Å². The van der Waals surface area contributed by atoms with Gasteiger partial charge in [0, 0.05) is 23.9 Å². The predicted octanol–water partition coefficient (Wildman–Crippen LogP) is 4.14. The number of thioether (sulfide) groups is 1. The highest BCUT2D eigenvalue weighted by Gasteiger charge is 2.25. The minimum atomic E-state index is -0.559. The first-order valence-corrected chi connectivity index (χ1v) is 11.0. The molecule has 0 aromatic heterocycles. The van der Waals surface area contributed by atoms with E-state index < -0.39 is 6.04 Å². The van der Waals surface area contributed by atoms with Crippen molar-refractivity contribution in [1.82, 2.24) is 10.2 Å². The summed E-state index contributed by atoms with van der Waals surface area (Å²) >= 11 is 7.53. The van der Waals surface area contributed by atoms with Crippen molar-refractivity contribution in [2.45, 2.75) is 32.2 Å². The van der Waals surface area contributed by atoms with Gasteiger partial charge >= 0.3 is 0 Å². The molecule has 0 heterocycles. The van der Waals surface area contributed by atoms with Crippen molar-refractivity contribution < 1.29 is 14.3 Å². The molecule has 0 saturated heterocycles. The van der Waals surface area contributed by atoms with Crippen LogP contribution in [0.4, 0.5) is 0 Å². The number of carbonyl (C=O) groups excluding carboxylic acids is 2. The van der Waals surface area contributed by atoms with Gasteiger partial charge in [-0.25, -0.2) is 0 Å². The van der Waals surface area contributed by atoms with Gasteiger partial charge in [-0.05, 0) is 49.2 Å². The SMILES string of the molecule is CCNC(=O)C(C)N(Cc1ccc(OC)cc1)C(=O)CSCc1cccc(Cl)c1. The smallest absolute Gasteiger partial charge is 0.242 e. The number of amides is 2. The van der Waals surface area contributed by atoms with E-state index in [9.17, 15) is 9.59 Å². The summed E-state index contributed by atoms with van der Waals surface area (Å²) in [4.78, 5) is 26.9. The first-order chi connectivity index (χ1) is 13.9. The lowest BCUT2D eigenvalue weighted by molar-refractivity contribution is -0.138. The van der Waals surface area contributed by atoms with Crippen LogP contribution in [-0.4, -0.2) is 42.2 Å². The first kappa shape index (κ1) is 23.1. The average Bonchev–Trinajstić information content (AvgIpc) is 2.72. The maximum absolute atomic E-state index is 13.0. The maximum Gasteiger partial charge on any atom is 0.242 e. The molecule has 29 heavy (non-hydrogen) atoms. The van der Waals surface area contributed by atoms with E-state index >= 15 is 0 Å². The summed E-state index contributed by atoms with van der Waals surface area (Å²) in [5.41, 5.74) is 2.00. The number of nitrogens with zero attached hydrogens (tertiary/aromatic N) is 1. The topological polar surface area (TPSA) is 58.6 Å². The van der Waals surface area contributed by atoms with E-state index in [4.69, 9.17) is 16.3 Å². The third kappa shape index (κ3) is 7.29. The Morgan fingerprint density at radius 3 is 2.52 bits per heavy atom. The molecule has 2 rings (SSSR count). The third-order valence-corrected chi connectivity index (χ3v) is 5.64. The second-order valence-corrected chi connectivity index (χ2v) is 7.99. The zero-order valence-corrected chi connectivity index (χ0v) is 18.6. The normalized spacial score (nSPS) is 11.6. The molecule has 2 aromatic rings. The second-order valence-electron chi connectivity index (χ2n) is 6.56. The summed E-state index contributed by atoms with van der Waals surface area (Å²) in [7, 11) is 1.61. The summed E-state index contributed by atoms with van der Waals surface area (Å²) < 4.78 is 5.19. The quantitative estimate of drug-likeness (QED) is 0.610. The molecule has 0 saturated carbocycles. The van der Waals surface area contributed by atoms with E-state index in [-0.39, 0.29) is 17.6 Å². The Morgan fingerprint density at radius 1 is 1.17 bits per heavy atom. The number of ether oxygens (including phenoxy) is 1. The van der Waals surface area contributed by atoms with Gasteiger partial charge in [-0.15, -0.1) is 11.8 Å². The van der Waals surface area contributed by atoms with Gasteiger partial charge in [0.05, 0.1) is 12.9 Å². The van der Waals surface area contributed by atoms with Gasteiger partial charge < -0.3 is 15.0 Å². The van der Waals surface area contributed by atoms with Crippen molar-refractivity contribution in [2.75, 3.05) is 19.4 Å². The van der Waals surface area contributed by atoms with Gasteiger partial charge in [-0.2, -0.15) is 0 Å². The number of hydrogen-bond donors (Lipinski definition) is 1. The van der Waals surface area contributed by atoms with Gasteiger partial charge in [0.2, 0.25) is 11.8 Å². The van der Waals surface area contributed by atoms with Gasteiger partial charge in [0.1, 0.15) is 11.8 Å². The molecule has 7 heteroatoms. The average molecular weight is 435 g/mol. The van der Waals surface area contributed by atoms with E-state index in [1.807, 2.05) is 55.5 Å². The molecule has 0 bridgehead atoms. The zero-order valence-electron chi connectivity index (χ0n) is 17.0. The molecule has 0 fully saturated rings. The predicted molar refractivity (Wildman–Crippen MR) is 119 cm³/mol. The molecule has 5 nitrogen and oxygen atoms in total. The molecule has 0 aliphatic rings. The van der Waals surface area contributed by atoms with Gasteiger partial charge in [0.25, 0.3) is 0 Å². The second kappa shape index (κ2) is 11.7. The Morgan fingerprint density at radius 2 is 1.90 bits per heavy atom. The number of likely N-dealkylation sites (N-methyl/N-ethyl adjacent to an activating group) is 1. The number of nitrogens with one attached hydrogen (secondary N) is 1. The number of hydrogen-bond acceptors (Lipinski definition) is 4. The lowest BCUT2D eigenvalue weighted by Gasteiger charge is -2.28. The lowest BCUT2D eigenvalue weighted by atomic mass is 10.1. The molecule has 1 unspecified atom stereocenters. The Balaban J connectivity index is 2.05. The Kier molecular flexibility index (Phi) is 9.35. The molecular formula is C22H27ClN2O3S. The zero-order chi connectivity index (χ0) is 21.2. The van der Waals surface area contributed by atoms with E-state index in [1.54, 1.807) is 18.9 Å². The van der Waals surface area contributed by atoms with Crippen LogP contribution < -0.4 is 10.1 Å². The summed E-state index contributed by atoms with van der Waals surface area (Å²) in [5, 5.41) is 3.48. The molecule has 2 amide bonds. The third-order valence-electron chi connectivity index (χ3n) is 4.41. The van der Waals surface area contributed by atoms with Crippen molar-refractivity contribution in [3.8, 4) is 5.75 Å². The van der Waals surface area contributed by atoms with Crippen LogP contribution in [0.3, 0.4) is 0 Å². The lowest BCUT2D eigenvalue weighted by Crippen LogP contribution is -2.48. The molecule has 0 aliphatic carbocycles. The number of rotatable bonds is 10. The van der Waals surface area contributed by atoms with Crippen LogP contribution in [0.2, 0.25) is 5.02 Å². The molecular weight excluding hydrogens is 408 g/mol. The van der Waals surface area contributed by atoms with Gasteiger partial charge in [-0.3, -0.25) is 9.59 Å². The van der Waals surface area contributed by atoms with Crippen LogP contribution in [0.15, 0.2) is 48.5 Å². The number of methoxy groups -OCH3 is 1. The summed E-state index contributed by atoms with van der Waals surface area (Å²) in [5.74, 6) is 1.48. The first-order valence-electron chi connectivity index (χ1n) is 9.47. The fourth-order valence-corrected chi connectivity index (χ4v) is 3.87. The maximum atomic E-state index is 13.0. The standard InChI is InChI=1S/C22H27ClN2O3S/c1-4-24-22(27)16(2)25(13-17-8-10-20(28-3)11-9-17)21(26)15-29-14-18-6-5-7-19(23)12-18/h5-12,16H,4,13-15H2,1-3H3,(H,24,27). The van der Waals surface area contributed by atoms with Crippen molar-refractivity contribution in [2.24, 2.45) is 0 Å². The van der Waals surface area contributed by atoms with Crippen LogP contribution in [0.1, 0.15) is 25.0 Å². The highest BCUT2D eigenvalue weighted by atomic mass is 35.5. The molecule has 1 atom stereocenters. The highest BCUT2D eigenvalue weighted by Crippen LogP contribution is 2.19. The van der Waals surface area contributed by atoms with E-state index in [0.717, 1.165) is 16.9 Å². The number of halogens is 1. The molecule has 1 N–H and O–H groups in total.